The van der Waals surface area contributed by atoms with Gasteiger partial charge in [-0.3, -0.25) is 4.57 Å². The van der Waals surface area contributed by atoms with Crippen molar-refractivity contribution in [2.75, 3.05) is 0 Å². The molecule has 4 rings (SSSR count). The van der Waals surface area contributed by atoms with Gasteiger partial charge in [0.25, 0.3) is 0 Å². The van der Waals surface area contributed by atoms with Crippen LogP contribution in [0.1, 0.15) is 30.4 Å². The zero-order chi connectivity index (χ0) is 22.0. The van der Waals surface area contributed by atoms with Gasteiger partial charge < -0.3 is 5.11 Å². The van der Waals surface area contributed by atoms with Crippen LogP contribution in [0.25, 0.3) is 22.5 Å². The second kappa shape index (κ2) is 8.21. The Bertz CT molecular complexity index is 1170. The molecule has 0 atom stereocenters. The lowest BCUT2D eigenvalue weighted by molar-refractivity contribution is -0.142. The molecule has 0 amide bonds. The van der Waals surface area contributed by atoms with Gasteiger partial charge in [-0.25, -0.2) is 4.98 Å². The topological polar surface area (TPSA) is 92.5 Å². The highest BCUT2D eigenvalue weighted by atomic mass is 19.4. The van der Waals surface area contributed by atoms with Crippen LogP contribution in [0.2, 0.25) is 0 Å². The Labute approximate surface area is 175 Å². The lowest BCUT2D eigenvalue weighted by atomic mass is 9.98. The lowest BCUT2D eigenvalue weighted by Crippen LogP contribution is -2.06. The van der Waals surface area contributed by atoms with E-state index < -0.39 is 17.8 Å². The SMILES string of the molecule is CCCc1nc(C(F)(F)F)c(O)n1Cc1ccc(-c2ccccc2-c2nn[nH]n2)cc1. The molecule has 0 aliphatic rings. The van der Waals surface area contributed by atoms with Gasteiger partial charge in [-0.05, 0) is 28.3 Å². The number of imidazole rings is 1. The molecule has 10 heteroatoms. The number of halogens is 3. The second-order valence-corrected chi connectivity index (χ2v) is 7.01. The number of aromatic amines is 1. The van der Waals surface area contributed by atoms with Crippen LogP contribution in [0.5, 0.6) is 5.88 Å². The van der Waals surface area contributed by atoms with Crippen LogP contribution in [0.3, 0.4) is 0 Å². The third-order valence-electron chi connectivity index (χ3n) is 4.88. The highest BCUT2D eigenvalue weighted by Gasteiger charge is 2.39. The Balaban J connectivity index is 1.65. The fourth-order valence-corrected chi connectivity index (χ4v) is 3.44. The number of benzene rings is 2. The number of H-pyrrole nitrogens is 1. The minimum absolute atomic E-state index is 0.0804. The Morgan fingerprint density at radius 3 is 2.35 bits per heavy atom. The monoisotopic (exact) mass is 428 g/mol. The molecule has 0 aliphatic heterocycles. The van der Waals surface area contributed by atoms with Crippen molar-refractivity contribution in [1.29, 1.82) is 0 Å². The summed E-state index contributed by atoms with van der Waals surface area (Å²) in [6.45, 7) is 1.93. The van der Waals surface area contributed by atoms with Crippen LogP contribution in [0, 0.1) is 0 Å². The van der Waals surface area contributed by atoms with E-state index in [4.69, 9.17) is 0 Å². The molecule has 31 heavy (non-hydrogen) atoms. The van der Waals surface area contributed by atoms with Gasteiger partial charge in [0.05, 0.1) is 6.54 Å². The van der Waals surface area contributed by atoms with E-state index >= 15 is 0 Å². The molecule has 0 unspecified atom stereocenters. The molecule has 2 heterocycles. The third-order valence-corrected chi connectivity index (χ3v) is 4.88. The fourth-order valence-electron chi connectivity index (χ4n) is 3.44. The van der Waals surface area contributed by atoms with Crippen molar-refractivity contribution in [2.24, 2.45) is 0 Å². The molecule has 0 saturated carbocycles. The predicted molar refractivity (Wildman–Crippen MR) is 107 cm³/mol. The molecular weight excluding hydrogens is 409 g/mol. The van der Waals surface area contributed by atoms with Crippen LogP contribution in [0.15, 0.2) is 48.5 Å². The number of aromatic nitrogens is 6. The Morgan fingerprint density at radius 2 is 1.74 bits per heavy atom. The standard InChI is InChI=1S/C21H19F3N6O/c1-2-5-17-25-18(21(22,23)24)20(31)30(17)12-13-8-10-14(11-9-13)15-6-3-4-7-16(15)19-26-28-29-27-19/h3-4,6-11,31H,2,5,12H2,1H3,(H,26,27,28,29). The van der Waals surface area contributed by atoms with Gasteiger partial charge in [0.15, 0.2) is 0 Å². The number of nitrogens with one attached hydrogen (secondary N) is 1. The summed E-state index contributed by atoms with van der Waals surface area (Å²) in [5, 5.41) is 24.3. The summed E-state index contributed by atoms with van der Waals surface area (Å²) >= 11 is 0. The van der Waals surface area contributed by atoms with Crippen molar-refractivity contribution >= 4 is 0 Å². The average Bonchev–Trinajstić information content (AvgIpc) is 3.39. The lowest BCUT2D eigenvalue weighted by Gasteiger charge is -2.11. The van der Waals surface area contributed by atoms with Gasteiger partial charge in [-0.2, -0.15) is 18.4 Å². The Morgan fingerprint density at radius 1 is 1.03 bits per heavy atom. The van der Waals surface area contributed by atoms with Gasteiger partial charge in [0.2, 0.25) is 17.4 Å². The molecule has 4 aromatic rings. The minimum Gasteiger partial charge on any atom is -0.493 e. The summed E-state index contributed by atoms with van der Waals surface area (Å²) in [5.74, 6) is -0.187. The molecule has 7 nitrogen and oxygen atoms in total. The van der Waals surface area contributed by atoms with E-state index in [1.807, 2.05) is 55.5 Å². The largest absolute Gasteiger partial charge is 0.493 e. The summed E-state index contributed by atoms with van der Waals surface area (Å²) < 4.78 is 40.7. The number of hydrogen-bond acceptors (Lipinski definition) is 5. The molecule has 0 saturated heterocycles. The smallest absolute Gasteiger partial charge is 0.438 e. The maximum Gasteiger partial charge on any atom is 0.438 e. The zero-order valence-electron chi connectivity index (χ0n) is 16.6. The second-order valence-electron chi connectivity index (χ2n) is 7.01. The number of aromatic hydroxyl groups is 1. The molecule has 2 N–H and O–H groups in total. The quantitative estimate of drug-likeness (QED) is 0.473. The van der Waals surface area contributed by atoms with Crippen LogP contribution >= 0.6 is 0 Å². The fraction of sp³-hybridized carbons (Fsp3) is 0.238. The van der Waals surface area contributed by atoms with Gasteiger partial charge in [0.1, 0.15) is 5.82 Å². The summed E-state index contributed by atoms with van der Waals surface area (Å²) in [6.07, 6.45) is -3.76. The van der Waals surface area contributed by atoms with Crippen LogP contribution in [0.4, 0.5) is 13.2 Å². The molecular formula is C21H19F3N6O. The van der Waals surface area contributed by atoms with Crippen molar-refractivity contribution in [3.63, 3.8) is 0 Å². The van der Waals surface area contributed by atoms with E-state index in [9.17, 15) is 18.3 Å². The van der Waals surface area contributed by atoms with Crippen LogP contribution in [-0.4, -0.2) is 35.3 Å². The van der Waals surface area contributed by atoms with E-state index in [1.54, 1.807) is 0 Å². The highest BCUT2D eigenvalue weighted by Crippen LogP contribution is 2.36. The van der Waals surface area contributed by atoms with Crippen LogP contribution < -0.4 is 0 Å². The van der Waals surface area contributed by atoms with Gasteiger partial charge in [-0.15, -0.1) is 10.2 Å². The molecule has 0 bridgehead atoms. The normalized spacial score (nSPS) is 11.7. The number of aryl methyl sites for hydroxylation is 1. The van der Waals surface area contributed by atoms with Crippen LogP contribution in [-0.2, 0) is 19.1 Å². The van der Waals surface area contributed by atoms with Gasteiger partial charge in [0, 0.05) is 12.0 Å². The highest BCUT2D eigenvalue weighted by molar-refractivity contribution is 5.80. The number of tetrazole rings is 1. The van der Waals surface area contributed by atoms with Crippen molar-refractivity contribution in [2.45, 2.75) is 32.5 Å². The van der Waals surface area contributed by atoms with E-state index in [0.29, 0.717) is 18.7 Å². The molecule has 2 aromatic heterocycles. The zero-order valence-corrected chi connectivity index (χ0v) is 16.6. The average molecular weight is 428 g/mol. The molecule has 0 spiro atoms. The Hall–Kier alpha value is -3.69. The first-order valence-electron chi connectivity index (χ1n) is 9.66. The maximum atomic E-state index is 13.2. The Kier molecular flexibility index (Phi) is 5.45. The summed E-state index contributed by atoms with van der Waals surface area (Å²) in [7, 11) is 0. The van der Waals surface area contributed by atoms with E-state index in [0.717, 1.165) is 22.3 Å². The minimum atomic E-state index is -4.71. The van der Waals surface area contributed by atoms with Crippen molar-refractivity contribution in [1.82, 2.24) is 30.2 Å². The van der Waals surface area contributed by atoms with E-state index in [2.05, 4.69) is 25.6 Å². The van der Waals surface area contributed by atoms with Gasteiger partial charge in [-0.1, -0.05) is 55.5 Å². The maximum absolute atomic E-state index is 13.2. The first-order chi connectivity index (χ1) is 14.9. The third kappa shape index (κ3) is 4.14. The van der Waals surface area contributed by atoms with E-state index in [-0.39, 0.29) is 12.4 Å². The molecule has 0 fully saturated rings. The number of hydrogen-bond donors (Lipinski definition) is 2. The molecule has 0 radical (unpaired) electrons. The van der Waals surface area contributed by atoms with Gasteiger partial charge >= 0.3 is 6.18 Å². The first kappa shape index (κ1) is 20.6. The van der Waals surface area contributed by atoms with Crippen molar-refractivity contribution < 1.29 is 18.3 Å². The molecule has 160 valence electrons. The number of rotatable bonds is 6. The first-order valence-corrected chi connectivity index (χ1v) is 9.66. The molecule has 0 aliphatic carbocycles. The summed E-state index contributed by atoms with van der Waals surface area (Å²) in [5.41, 5.74) is 2.08. The predicted octanol–water partition coefficient (Wildman–Crippen LogP) is 4.46. The number of nitrogens with zero attached hydrogens (tertiary/aromatic N) is 5. The van der Waals surface area contributed by atoms with E-state index in [1.165, 1.54) is 4.57 Å². The van der Waals surface area contributed by atoms with Crippen molar-refractivity contribution in [3.05, 3.63) is 65.6 Å². The summed E-state index contributed by atoms with van der Waals surface area (Å²) in [6, 6.07) is 14.9. The number of alkyl halides is 3. The summed E-state index contributed by atoms with van der Waals surface area (Å²) in [4.78, 5) is 3.64. The molecule has 2 aromatic carbocycles. The van der Waals surface area contributed by atoms with Crippen molar-refractivity contribution in [3.8, 4) is 28.4 Å².